The van der Waals surface area contributed by atoms with Crippen molar-refractivity contribution in [2.24, 2.45) is 0 Å². The second-order valence-electron chi connectivity index (χ2n) is 11.0. The summed E-state index contributed by atoms with van der Waals surface area (Å²) < 4.78 is 27.4. The maximum Gasteiger partial charge on any atom is 0.339 e. The maximum absolute atomic E-state index is 13.8. The van der Waals surface area contributed by atoms with Gasteiger partial charge in [0.1, 0.15) is 11.3 Å². The minimum Gasteiger partial charge on any atom is -0.507 e. The lowest BCUT2D eigenvalue weighted by Crippen LogP contribution is -2.41. The quantitative estimate of drug-likeness (QED) is 0.178. The first-order chi connectivity index (χ1) is 22.5. The zero-order chi connectivity index (χ0) is 33.7. The number of amides is 1. The molecule has 0 aliphatic carbocycles. The lowest BCUT2D eigenvalue weighted by Gasteiger charge is -2.26. The Bertz CT molecular complexity index is 2090. The topological polar surface area (TPSA) is 139 Å². The molecule has 5 aromatic carbocycles. The number of anilines is 1. The number of phenols is 1. The summed E-state index contributed by atoms with van der Waals surface area (Å²) in [6.07, 6.45) is 0. The number of rotatable bonds is 10. The molecule has 0 saturated carbocycles. The first-order valence-electron chi connectivity index (χ1n) is 14.6. The van der Waals surface area contributed by atoms with Crippen molar-refractivity contribution in [2.45, 2.75) is 18.4 Å². The average Bonchev–Trinajstić information content (AvgIpc) is 3.07. The predicted octanol–water partition coefficient (Wildman–Crippen LogP) is 6.46. The number of sulfonamides is 1. The molecule has 0 heterocycles. The van der Waals surface area contributed by atoms with Crippen LogP contribution in [0.15, 0.2) is 120 Å². The summed E-state index contributed by atoms with van der Waals surface area (Å²) >= 11 is 0. The van der Waals surface area contributed by atoms with Crippen molar-refractivity contribution >= 4 is 27.6 Å². The third-order valence-electron chi connectivity index (χ3n) is 7.76. The first-order valence-corrected chi connectivity index (χ1v) is 16.0. The number of hydrogen-bond donors (Lipinski definition) is 2. The summed E-state index contributed by atoms with van der Waals surface area (Å²) in [4.78, 5) is 26.6. The van der Waals surface area contributed by atoms with Gasteiger partial charge in [-0.1, -0.05) is 84.4 Å². The molecule has 0 saturated heterocycles. The molecule has 0 aliphatic heterocycles. The van der Waals surface area contributed by atoms with E-state index in [2.05, 4.69) is 6.07 Å². The number of aryl methyl sites for hydroxylation is 1. The summed E-state index contributed by atoms with van der Waals surface area (Å²) in [6, 6.07) is 34.9. The third kappa shape index (κ3) is 7.07. The van der Waals surface area contributed by atoms with Crippen LogP contribution in [-0.2, 0) is 21.4 Å². The lowest BCUT2D eigenvalue weighted by molar-refractivity contribution is -0.118. The Morgan fingerprint density at radius 3 is 2.13 bits per heavy atom. The molecule has 0 aromatic heterocycles. The molecular weight excluding hydrogens is 614 g/mol. The Morgan fingerprint density at radius 2 is 1.51 bits per heavy atom. The van der Waals surface area contributed by atoms with Gasteiger partial charge in [-0.25, -0.2) is 13.2 Å². The maximum atomic E-state index is 13.8. The molecular formula is C37H31N3O6S. The molecule has 0 radical (unpaired) electrons. The molecule has 10 heteroatoms. The minimum atomic E-state index is -4.00. The fraction of sp³-hybridized carbons (Fsp3) is 0.108. The van der Waals surface area contributed by atoms with E-state index in [0.29, 0.717) is 11.1 Å². The van der Waals surface area contributed by atoms with Gasteiger partial charge in [0.2, 0.25) is 15.9 Å². The number of nitriles is 1. The van der Waals surface area contributed by atoms with E-state index >= 15 is 0 Å². The van der Waals surface area contributed by atoms with Gasteiger partial charge in [-0.2, -0.15) is 9.57 Å². The van der Waals surface area contributed by atoms with Crippen molar-refractivity contribution in [3.05, 3.63) is 138 Å². The van der Waals surface area contributed by atoms with Gasteiger partial charge in [-0.05, 0) is 59.5 Å². The van der Waals surface area contributed by atoms with E-state index in [0.717, 1.165) is 32.1 Å². The number of carbonyl (C=O) groups excluding carboxylic acids is 1. The Morgan fingerprint density at radius 1 is 0.830 bits per heavy atom. The van der Waals surface area contributed by atoms with E-state index < -0.39 is 34.2 Å². The molecule has 236 valence electrons. The molecule has 0 aliphatic rings. The number of benzene rings is 5. The van der Waals surface area contributed by atoms with E-state index in [9.17, 15) is 33.5 Å². The predicted molar refractivity (Wildman–Crippen MR) is 179 cm³/mol. The van der Waals surface area contributed by atoms with Gasteiger partial charge in [-0.15, -0.1) is 0 Å². The van der Waals surface area contributed by atoms with Crippen molar-refractivity contribution in [1.82, 2.24) is 4.31 Å². The minimum absolute atomic E-state index is 0.00678. The van der Waals surface area contributed by atoms with E-state index in [1.807, 2.05) is 73.7 Å². The molecule has 5 aromatic rings. The van der Waals surface area contributed by atoms with Crippen molar-refractivity contribution in [2.75, 3.05) is 18.5 Å². The Hall–Kier alpha value is -5.76. The van der Waals surface area contributed by atoms with Crippen LogP contribution in [0.5, 0.6) is 5.75 Å². The fourth-order valence-corrected chi connectivity index (χ4v) is 6.34. The monoisotopic (exact) mass is 645 g/mol. The van der Waals surface area contributed by atoms with Crippen LogP contribution in [0, 0.1) is 18.3 Å². The van der Waals surface area contributed by atoms with Crippen LogP contribution in [0.25, 0.3) is 22.3 Å². The number of hydrogen-bond acceptors (Lipinski definition) is 6. The van der Waals surface area contributed by atoms with Crippen LogP contribution in [0.2, 0.25) is 0 Å². The Balaban J connectivity index is 1.47. The second-order valence-corrected chi connectivity index (χ2v) is 13.0. The van der Waals surface area contributed by atoms with Crippen molar-refractivity contribution < 1.29 is 28.2 Å². The van der Waals surface area contributed by atoms with Gasteiger partial charge in [-0.3, -0.25) is 4.79 Å². The number of carboxylic acid groups (broad SMARTS) is 1. The normalized spacial score (nSPS) is 11.2. The largest absolute Gasteiger partial charge is 0.507 e. The number of carbonyl (C=O) groups is 2. The summed E-state index contributed by atoms with van der Waals surface area (Å²) in [6.45, 7) is 1.31. The highest BCUT2D eigenvalue weighted by atomic mass is 32.2. The third-order valence-corrected chi connectivity index (χ3v) is 9.58. The Kier molecular flexibility index (Phi) is 9.51. The standard InChI is InChI=1S/C37H31N3O6S/c1-25-11-18-31(19-12-25)47(45,46)39(2)24-35(42)40(30-17-20-33(37(43)44)34(41)21-30)23-26-13-15-27(16-14-26)32-10-6-9-29(22-38)36(32)28-7-4-3-5-8-28/h3-21,41H,23-24H2,1-2H3,(H,43,44). The van der Waals surface area contributed by atoms with E-state index in [4.69, 9.17) is 0 Å². The van der Waals surface area contributed by atoms with Crippen LogP contribution in [-0.4, -0.2) is 48.4 Å². The van der Waals surface area contributed by atoms with Crippen LogP contribution in [0.4, 0.5) is 5.69 Å². The Labute approximate surface area is 273 Å². The average molecular weight is 646 g/mol. The van der Waals surface area contributed by atoms with Crippen LogP contribution in [0.3, 0.4) is 0 Å². The molecule has 9 nitrogen and oxygen atoms in total. The van der Waals surface area contributed by atoms with Gasteiger partial charge >= 0.3 is 5.97 Å². The van der Waals surface area contributed by atoms with Crippen molar-refractivity contribution in [3.8, 4) is 34.1 Å². The van der Waals surface area contributed by atoms with E-state index in [-0.39, 0.29) is 22.7 Å². The summed E-state index contributed by atoms with van der Waals surface area (Å²) in [5.74, 6) is -2.46. The van der Waals surface area contributed by atoms with E-state index in [1.165, 1.54) is 42.3 Å². The van der Waals surface area contributed by atoms with Crippen molar-refractivity contribution in [1.29, 1.82) is 5.26 Å². The highest BCUT2D eigenvalue weighted by molar-refractivity contribution is 7.89. The van der Waals surface area contributed by atoms with Gasteiger partial charge < -0.3 is 15.1 Å². The van der Waals surface area contributed by atoms with E-state index in [1.54, 1.807) is 18.2 Å². The zero-order valence-corrected chi connectivity index (χ0v) is 26.5. The molecule has 0 unspecified atom stereocenters. The molecule has 0 atom stereocenters. The first kappa shape index (κ1) is 32.6. The molecule has 5 rings (SSSR count). The SMILES string of the molecule is Cc1ccc(S(=O)(=O)N(C)CC(=O)N(Cc2ccc(-c3cccc(C#N)c3-c3ccccc3)cc2)c2ccc(C(=O)O)c(O)c2)cc1. The molecule has 2 N–H and O–H groups in total. The number of nitrogens with zero attached hydrogens (tertiary/aromatic N) is 3. The van der Waals surface area contributed by atoms with Crippen LogP contribution < -0.4 is 4.90 Å². The lowest BCUT2D eigenvalue weighted by atomic mass is 9.90. The molecule has 47 heavy (non-hydrogen) atoms. The molecule has 0 fully saturated rings. The fourth-order valence-electron chi connectivity index (χ4n) is 5.22. The highest BCUT2D eigenvalue weighted by Gasteiger charge is 2.27. The van der Waals surface area contributed by atoms with Gasteiger partial charge in [0.15, 0.2) is 0 Å². The van der Waals surface area contributed by atoms with Crippen LogP contribution in [0.1, 0.15) is 27.0 Å². The molecule has 0 spiro atoms. The summed E-state index contributed by atoms with van der Waals surface area (Å²) in [5, 5.41) is 29.6. The highest BCUT2D eigenvalue weighted by Crippen LogP contribution is 2.35. The van der Waals surface area contributed by atoms with Gasteiger partial charge in [0.25, 0.3) is 0 Å². The molecule has 0 bridgehead atoms. The second kappa shape index (κ2) is 13.7. The van der Waals surface area contributed by atoms with Gasteiger partial charge in [0, 0.05) is 24.4 Å². The summed E-state index contributed by atoms with van der Waals surface area (Å²) in [5.41, 5.74) is 5.35. The summed E-state index contributed by atoms with van der Waals surface area (Å²) in [7, 11) is -2.69. The molecule has 1 amide bonds. The number of aromatic carboxylic acids is 1. The smallest absolute Gasteiger partial charge is 0.339 e. The number of aromatic hydroxyl groups is 1. The number of carboxylic acids is 1. The number of likely N-dealkylation sites (N-methyl/N-ethyl adjacent to an activating group) is 1. The van der Waals surface area contributed by atoms with Gasteiger partial charge in [0.05, 0.1) is 29.6 Å². The van der Waals surface area contributed by atoms with Crippen molar-refractivity contribution in [3.63, 3.8) is 0 Å². The van der Waals surface area contributed by atoms with Crippen LogP contribution >= 0.6 is 0 Å². The zero-order valence-electron chi connectivity index (χ0n) is 25.7.